The van der Waals surface area contributed by atoms with Crippen LogP contribution in [0, 0.1) is 0 Å². The van der Waals surface area contributed by atoms with Crippen molar-refractivity contribution in [2.75, 3.05) is 6.54 Å². The van der Waals surface area contributed by atoms with Crippen molar-refractivity contribution in [3.63, 3.8) is 0 Å². The first kappa shape index (κ1) is 34.8. The molecule has 42 heavy (non-hydrogen) atoms. The Morgan fingerprint density at radius 2 is 1.74 bits per heavy atom. The second kappa shape index (κ2) is 17.6. The number of carbonyl (C=O) groups excluding carboxylic acids is 4. The van der Waals surface area contributed by atoms with Crippen LogP contribution in [-0.4, -0.2) is 52.9 Å². The molecule has 1 aromatic carbocycles. The quantitative estimate of drug-likeness (QED) is 0.212. The Morgan fingerprint density at radius 1 is 1.07 bits per heavy atom. The molecular weight excluding hydrogens is 532 g/mol. The fraction of sp³-hybridized carbons (Fsp3) is 0.636. The average Bonchev–Trinajstić information content (AvgIpc) is 2.92. The summed E-state index contributed by atoms with van der Waals surface area (Å²) < 4.78 is 5.38. The molecule has 234 valence electrons. The van der Waals surface area contributed by atoms with Crippen LogP contribution in [0.15, 0.2) is 30.8 Å². The van der Waals surface area contributed by atoms with E-state index in [-0.39, 0.29) is 18.5 Å². The summed E-state index contributed by atoms with van der Waals surface area (Å²) in [4.78, 5) is 54.6. The van der Waals surface area contributed by atoms with E-state index in [1.165, 1.54) is 4.90 Å². The van der Waals surface area contributed by atoms with Crippen LogP contribution >= 0.6 is 0 Å². The van der Waals surface area contributed by atoms with Gasteiger partial charge in [-0.1, -0.05) is 89.1 Å². The standard InChI is InChI=1S/C33H52N4O5/c1-6-8-9-10-11-15-21-37(31(40)27(23-28(34)38)36-32(41)42-33(3,4)5)29(25-18-16-17-24(7-2)22-25)30(39)35-26-19-13-12-14-20-26/h7,16-18,22,26-27,29H,2,6,8-15,19-21,23H2,1,3-5H3,(H2,34,38)(H,35,39)(H,36,41). The number of nitrogens with zero attached hydrogens (tertiary/aromatic N) is 1. The number of amides is 4. The Labute approximate surface area is 252 Å². The fourth-order valence-corrected chi connectivity index (χ4v) is 5.34. The summed E-state index contributed by atoms with van der Waals surface area (Å²) in [5.74, 6) is -1.58. The minimum absolute atomic E-state index is 0.0311. The number of hydrogen-bond acceptors (Lipinski definition) is 5. The highest BCUT2D eigenvalue weighted by Crippen LogP contribution is 2.27. The fourth-order valence-electron chi connectivity index (χ4n) is 5.34. The summed E-state index contributed by atoms with van der Waals surface area (Å²) in [5.41, 5.74) is 6.16. The predicted octanol–water partition coefficient (Wildman–Crippen LogP) is 5.78. The first-order chi connectivity index (χ1) is 19.9. The molecule has 0 saturated heterocycles. The van der Waals surface area contributed by atoms with Crippen molar-refractivity contribution in [2.24, 2.45) is 5.73 Å². The van der Waals surface area contributed by atoms with E-state index < -0.39 is 42.0 Å². The number of carbonyl (C=O) groups is 4. The van der Waals surface area contributed by atoms with E-state index >= 15 is 0 Å². The maximum atomic E-state index is 14.3. The zero-order chi connectivity index (χ0) is 31.1. The maximum absolute atomic E-state index is 14.3. The first-order valence-electron chi connectivity index (χ1n) is 15.6. The second-order valence-electron chi connectivity index (χ2n) is 12.3. The van der Waals surface area contributed by atoms with E-state index in [0.29, 0.717) is 12.0 Å². The molecule has 1 aromatic rings. The van der Waals surface area contributed by atoms with E-state index in [1.54, 1.807) is 26.8 Å². The van der Waals surface area contributed by atoms with Gasteiger partial charge in [-0.05, 0) is 57.2 Å². The molecule has 2 rings (SSSR count). The van der Waals surface area contributed by atoms with Crippen molar-refractivity contribution in [3.05, 3.63) is 42.0 Å². The van der Waals surface area contributed by atoms with Gasteiger partial charge in [0.1, 0.15) is 17.7 Å². The Balaban J connectivity index is 2.48. The SMILES string of the molecule is C=Cc1cccc(C(C(=O)NC2CCCCC2)N(CCCCCCCC)C(=O)C(CC(N)=O)NC(=O)OC(C)(C)C)c1. The summed E-state index contributed by atoms with van der Waals surface area (Å²) >= 11 is 0. The van der Waals surface area contributed by atoms with Crippen LogP contribution in [0.5, 0.6) is 0 Å². The van der Waals surface area contributed by atoms with Gasteiger partial charge in [-0.3, -0.25) is 14.4 Å². The molecule has 0 bridgehead atoms. The van der Waals surface area contributed by atoms with Crippen molar-refractivity contribution in [1.82, 2.24) is 15.5 Å². The molecule has 4 amide bonds. The monoisotopic (exact) mass is 584 g/mol. The van der Waals surface area contributed by atoms with Crippen LogP contribution in [0.1, 0.15) is 122 Å². The smallest absolute Gasteiger partial charge is 0.408 e. The minimum atomic E-state index is -1.29. The molecule has 4 N–H and O–H groups in total. The van der Waals surface area contributed by atoms with Crippen LogP contribution < -0.4 is 16.4 Å². The van der Waals surface area contributed by atoms with E-state index in [2.05, 4.69) is 24.1 Å². The highest BCUT2D eigenvalue weighted by atomic mass is 16.6. The van der Waals surface area contributed by atoms with Gasteiger partial charge in [0.25, 0.3) is 0 Å². The van der Waals surface area contributed by atoms with Gasteiger partial charge in [0.2, 0.25) is 17.7 Å². The van der Waals surface area contributed by atoms with Crippen molar-refractivity contribution in [1.29, 1.82) is 0 Å². The number of hydrogen-bond donors (Lipinski definition) is 3. The van der Waals surface area contributed by atoms with E-state index in [0.717, 1.165) is 69.8 Å². The van der Waals surface area contributed by atoms with Crippen molar-refractivity contribution < 1.29 is 23.9 Å². The Morgan fingerprint density at radius 3 is 2.36 bits per heavy atom. The van der Waals surface area contributed by atoms with Crippen molar-refractivity contribution in [3.8, 4) is 0 Å². The molecule has 1 aliphatic carbocycles. The molecule has 0 aliphatic heterocycles. The zero-order valence-electron chi connectivity index (χ0n) is 26.1. The number of benzene rings is 1. The molecule has 1 aliphatic rings. The van der Waals surface area contributed by atoms with Crippen LogP contribution in [0.3, 0.4) is 0 Å². The number of rotatable bonds is 16. The van der Waals surface area contributed by atoms with E-state index in [1.807, 2.05) is 24.3 Å². The predicted molar refractivity (Wildman–Crippen MR) is 166 cm³/mol. The number of unbranched alkanes of at least 4 members (excludes halogenated alkanes) is 5. The van der Waals surface area contributed by atoms with Crippen LogP contribution in [-0.2, 0) is 19.1 Å². The van der Waals surface area contributed by atoms with Gasteiger partial charge >= 0.3 is 6.09 Å². The third kappa shape index (κ3) is 12.2. The van der Waals surface area contributed by atoms with Crippen molar-refractivity contribution in [2.45, 2.75) is 128 Å². The number of nitrogens with two attached hydrogens (primary N) is 1. The van der Waals surface area contributed by atoms with Gasteiger partial charge in [0.15, 0.2) is 0 Å². The largest absolute Gasteiger partial charge is 0.444 e. The summed E-state index contributed by atoms with van der Waals surface area (Å²) in [7, 11) is 0. The molecule has 1 saturated carbocycles. The van der Waals surface area contributed by atoms with Crippen LogP contribution in [0.2, 0.25) is 0 Å². The third-order valence-corrected chi connectivity index (χ3v) is 7.40. The number of alkyl carbamates (subject to hydrolysis) is 1. The molecule has 1 fully saturated rings. The van der Waals surface area contributed by atoms with Crippen LogP contribution in [0.4, 0.5) is 4.79 Å². The molecule has 0 spiro atoms. The maximum Gasteiger partial charge on any atom is 0.408 e. The Hall–Kier alpha value is -3.36. The Bertz CT molecular complexity index is 1050. The highest BCUT2D eigenvalue weighted by molar-refractivity contribution is 5.94. The highest BCUT2D eigenvalue weighted by Gasteiger charge is 2.37. The lowest BCUT2D eigenvalue weighted by molar-refractivity contribution is -0.143. The number of ether oxygens (including phenoxy) is 1. The van der Waals surface area contributed by atoms with Gasteiger partial charge < -0.3 is 26.0 Å². The van der Waals surface area contributed by atoms with Crippen LogP contribution in [0.25, 0.3) is 6.08 Å². The van der Waals surface area contributed by atoms with Gasteiger partial charge in [-0.25, -0.2) is 4.79 Å². The number of nitrogens with one attached hydrogen (secondary N) is 2. The van der Waals surface area contributed by atoms with Crippen molar-refractivity contribution >= 4 is 29.9 Å². The molecule has 0 aromatic heterocycles. The average molecular weight is 585 g/mol. The van der Waals surface area contributed by atoms with E-state index in [9.17, 15) is 19.2 Å². The topological polar surface area (TPSA) is 131 Å². The lowest BCUT2D eigenvalue weighted by Gasteiger charge is -2.35. The summed E-state index contributed by atoms with van der Waals surface area (Å²) in [6.45, 7) is 11.4. The zero-order valence-corrected chi connectivity index (χ0v) is 26.1. The summed E-state index contributed by atoms with van der Waals surface area (Å²) in [6, 6.07) is 5.17. The normalized spacial score (nSPS) is 15.2. The molecule has 0 radical (unpaired) electrons. The lowest BCUT2D eigenvalue weighted by atomic mass is 9.94. The van der Waals surface area contributed by atoms with Gasteiger partial charge in [-0.2, -0.15) is 0 Å². The number of primary amides is 1. The molecule has 2 unspecified atom stereocenters. The second-order valence-corrected chi connectivity index (χ2v) is 12.3. The van der Waals surface area contributed by atoms with E-state index in [4.69, 9.17) is 10.5 Å². The Kier molecular flexibility index (Phi) is 14.6. The van der Waals surface area contributed by atoms with Gasteiger partial charge in [-0.15, -0.1) is 0 Å². The summed E-state index contributed by atoms with van der Waals surface area (Å²) in [6.07, 6.45) is 11.4. The third-order valence-electron chi connectivity index (χ3n) is 7.40. The molecule has 2 atom stereocenters. The molecule has 9 nitrogen and oxygen atoms in total. The molecule has 0 heterocycles. The first-order valence-corrected chi connectivity index (χ1v) is 15.6. The molecular formula is C33H52N4O5. The summed E-state index contributed by atoms with van der Waals surface area (Å²) in [5, 5.41) is 5.75. The van der Waals surface area contributed by atoms with Gasteiger partial charge in [0, 0.05) is 12.6 Å². The minimum Gasteiger partial charge on any atom is -0.444 e. The lowest BCUT2D eigenvalue weighted by Crippen LogP contribution is -2.55. The van der Waals surface area contributed by atoms with Gasteiger partial charge in [0.05, 0.1) is 6.42 Å². The molecule has 9 heteroatoms.